The van der Waals surface area contributed by atoms with E-state index in [1.165, 1.54) is 12.1 Å². The van der Waals surface area contributed by atoms with Gasteiger partial charge in [-0.05, 0) is 44.4 Å². The molecular formula is C18H17ClN2O4. The van der Waals surface area contributed by atoms with E-state index in [9.17, 15) is 9.59 Å². The molecule has 6 nitrogen and oxygen atoms in total. The van der Waals surface area contributed by atoms with Crippen LogP contribution in [0, 0.1) is 0 Å². The maximum Gasteiger partial charge on any atom is 0.287 e. The Kier molecular flexibility index (Phi) is 4.92. The summed E-state index contributed by atoms with van der Waals surface area (Å²) in [5, 5.41) is 3.55. The molecule has 2 aromatic heterocycles. The number of likely N-dealkylation sites (N-methyl/N-ethyl adjacent to an activating group) is 1. The summed E-state index contributed by atoms with van der Waals surface area (Å²) in [5.74, 6) is 0.226. The molecule has 1 atom stereocenters. The van der Waals surface area contributed by atoms with Crippen LogP contribution in [0.4, 0.5) is 0 Å². The normalized spacial score (nSPS) is 12.5. The quantitative estimate of drug-likeness (QED) is 0.756. The molecule has 0 spiro atoms. The molecule has 0 unspecified atom stereocenters. The number of hydrogen-bond donors (Lipinski definition) is 1. The molecule has 1 N–H and O–H groups in total. The lowest BCUT2D eigenvalue weighted by atomic mass is 10.2. The number of furan rings is 1. The van der Waals surface area contributed by atoms with Crippen LogP contribution in [-0.2, 0) is 0 Å². The Balaban J connectivity index is 1.80. The SMILES string of the molecule is CN(C)[C@H](CNC(=O)c1cc(=O)c2cc(Cl)ccc2o1)c1ccco1. The van der Waals surface area contributed by atoms with Gasteiger partial charge in [0.2, 0.25) is 0 Å². The van der Waals surface area contributed by atoms with Gasteiger partial charge in [-0.3, -0.25) is 14.5 Å². The van der Waals surface area contributed by atoms with Crippen LogP contribution in [-0.4, -0.2) is 31.4 Å². The molecular weight excluding hydrogens is 344 g/mol. The third-order valence-electron chi connectivity index (χ3n) is 3.86. The van der Waals surface area contributed by atoms with Crippen molar-refractivity contribution >= 4 is 28.5 Å². The van der Waals surface area contributed by atoms with Crippen LogP contribution in [0.3, 0.4) is 0 Å². The Morgan fingerprint density at radius 1 is 1.28 bits per heavy atom. The number of carbonyl (C=O) groups is 1. The molecule has 0 fully saturated rings. The minimum Gasteiger partial charge on any atom is -0.468 e. The molecule has 0 radical (unpaired) electrons. The Bertz CT molecular complexity index is 947. The van der Waals surface area contributed by atoms with E-state index in [4.69, 9.17) is 20.4 Å². The molecule has 2 heterocycles. The number of hydrogen-bond acceptors (Lipinski definition) is 5. The number of halogens is 1. The van der Waals surface area contributed by atoms with E-state index < -0.39 is 5.91 Å². The van der Waals surface area contributed by atoms with E-state index in [1.54, 1.807) is 24.5 Å². The topological polar surface area (TPSA) is 75.7 Å². The second kappa shape index (κ2) is 7.13. The standard InChI is InChI=1S/C18H17ClN2O4/c1-21(2)13(16-4-3-7-24-16)10-20-18(23)17-9-14(22)12-8-11(19)5-6-15(12)25-17/h3-9,13H,10H2,1-2H3,(H,20,23)/t13-/m1/s1. The van der Waals surface area contributed by atoms with Crippen LogP contribution < -0.4 is 10.7 Å². The van der Waals surface area contributed by atoms with Gasteiger partial charge in [0.15, 0.2) is 11.2 Å². The van der Waals surface area contributed by atoms with Crippen molar-refractivity contribution in [3.05, 3.63) is 69.4 Å². The van der Waals surface area contributed by atoms with Crippen molar-refractivity contribution in [2.24, 2.45) is 0 Å². The van der Waals surface area contributed by atoms with Gasteiger partial charge in [0, 0.05) is 17.6 Å². The van der Waals surface area contributed by atoms with Gasteiger partial charge in [-0.25, -0.2) is 0 Å². The van der Waals surface area contributed by atoms with Crippen molar-refractivity contribution in [3.8, 4) is 0 Å². The fourth-order valence-electron chi connectivity index (χ4n) is 2.54. The van der Waals surface area contributed by atoms with Gasteiger partial charge in [-0.1, -0.05) is 11.6 Å². The molecule has 0 saturated heterocycles. The molecule has 0 aliphatic rings. The van der Waals surface area contributed by atoms with E-state index in [1.807, 2.05) is 25.1 Å². The van der Waals surface area contributed by atoms with E-state index in [0.29, 0.717) is 22.5 Å². The van der Waals surface area contributed by atoms with Crippen LogP contribution in [0.2, 0.25) is 5.02 Å². The number of nitrogens with zero attached hydrogens (tertiary/aromatic N) is 1. The van der Waals surface area contributed by atoms with Gasteiger partial charge in [-0.2, -0.15) is 0 Å². The number of amides is 1. The smallest absolute Gasteiger partial charge is 0.287 e. The second-order valence-electron chi connectivity index (χ2n) is 5.82. The first-order valence-corrected chi connectivity index (χ1v) is 8.05. The molecule has 1 amide bonds. The summed E-state index contributed by atoms with van der Waals surface area (Å²) >= 11 is 5.88. The zero-order valence-corrected chi connectivity index (χ0v) is 14.5. The molecule has 3 rings (SSSR count). The first kappa shape index (κ1) is 17.3. The van der Waals surface area contributed by atoms with Gasteiger partial charge >= 0.3 is 0 Å². The maximum absolute atomic E-state index is 12.4. The summed E-state index contributed by atoms with van der Waals surface area (Å²) in [4.78, 5) is 26.5. The first-order valence-electron chi connectivity index (χ1n) is 7.67. The molecule has 1 aromatic carbocycles. The van der Waals surface area contributed by atoms with Crippen LogP contribution in [0.25, 0.3) is 11.0 Å². The summed E-state index contributed by atoms with van der Waals surface area (Å²) in [6.45, 7) is 0.307. The summed E-state index contributed by atoms with van der Waals surface area (Å²) < 4.78 is 10.9. The number of fused-ring (bicyclic) bond motifs is 1. The summed E-state index contributed by atoms with van der Waals surface area (Å²) in [5.41, 5.74) is 0.00124. The van der Waals surface area contributed by atoms with Crippen molar-refractivity contribution < 1.29 is 13.6 Å². The summed E-state index contributed by atoms with van der Waals surface area (Å²) in [6.07, 6.45) is 1.58. The van der Waals surface area contributed by atoms with Crippen molar-refractivity contribution in [1.82, 2.24) is 10.2 Å². The number of carbonyl (C=O) groups excluding carboxylic acids is 1. The van der Waals surface area contributed by atoms with Crippen molar-refractivity contribution in [3.63, 3.8) is 0 Å². The molecule has 0 aliphatic carbocycles. The number of nitrogens with one attached hydrogen (secondary N) is 1. The average Bonchev–Trinajstić information content (AvgIpc) is 3.09. The lowest BCUT2D eigenvalue weighted by Crippen LogP contribution is -2.34. The first-order chi connectivity index (χ1) is 12.0. The Morgan fingerprint density at radius 3 is 2.76 bits per heavy atom. The van der Waals surface area contributed by atoms with Crippen LogP contribution >= 0.6 is 11.6 Å². The highest BCUT2D eigenvalue weighted by Crippen LogP contribution is 2.19. The number of rotatable bonds is 5. The molecule has 0 saturated carbocycles. The van der Waals surface area contributed by atoms with E-state index >= 15 is 0 Å². The Labute approximate surface area is 149 Å². The third kappa shape index (κ3) is 3.75. The minimum absolute atomic E-state index is 0.0447. The molecule has 0 aliphatic heterocycles. The Morgan fingerprint density at radius 2 is 2.08 bits per heavy atom. The van der Waals surface area contributed by atoms with Gasteiger partial charge in [0.05, 0.1) is 17.7 Å². The molecule has 3 aromatic rings. The van der Waals surface area contributed by atoms with Gasteiger partial charge in [-0.15, -0.1) is 0 Å². The summed E-state index contributed by atoms with van der Waals surface area (Å²) in [6, 6.07) is 9.37. The molecule has 25 heavy (non-hydrogen) atoms. The third-order valence-corrected chi connectivity index (χ3v) is 4.10. The minimum atomic E-state index is -0.465. The largest absolute Gasteiger partial charge is 0.468 e. The lowest BCUT2D eigenvalue weighted by Gasteiger charge is -2.22. The second-order valence-corrected chi connectivity index (χ2v) is 6.26. The van der Waals surface area contributed by atoms with E-state index in [0.717, 1.165) is 5.76 Å². The monoisotopic (exact) mass is 360 g/mol. The molecule has 0 bridgehead atoms. The highest BCUT2D eigenvalue weighted by atomic mass is 35.5. The lowest BCUT2D eigenvalue weighted by molar-refractivity contribution is 0.0912. The predicted octanol–water partition coefficient (Wildman–Crippen LogP) is 3.07. The fraction of sp³-hybridized carbons (Fsp3) is 0.222. The average molecular weight is 361 g/mol. The Hall–Kier alpha value is -2.57. The van der Waals surface area contributed by atoms with Crippen molar-refractivity contribution in [2.45, 2.75) is 6.04 Å². The highest BCUT2D eigenvalue weighted by molar-refractivity contribution is 6.31. The highest BCUT2D eigenvalue weighted by Gasteiger charge is 2.19. The number of benzene rings is 1. The van der Waals surface area contributed by atoms with Crippen molar-refractivity contribution in [2.75, 3.05) is 20.6 Å². The maximum atomic E-state index is 12.4. The zero-order chi connectivity index (χ0) is 18.0. The van der Waals surface area contributed by atoms with E-state index in [2.05, 4.69) is 5.32 Å². The van der Waals surface area contributed by atoms with Gasteiger partial charge in [0.1, 0.15) is 11.3 Å². The van der Waals surface area contributed by atoms with Crippen LogP contribution in [0.15, 0.2) is 56.3 Å². The molecule has 7 heteroatoms. The molecule has 130 valence electrons. The van der Waals surface area contributed by atoms with Crippen LogP contribution in [0.1, 0.15) is 22.4 Å². The zero-order valence-electron chi connectivity index (χ0n) is 13.8. The predicted molar refractivity (Wildman–Crippen MR) is 95.0 cm³/mol. The van der Waals surface area contributed by atoms with Gasteiger partial charge in [0.25, 0.3) is 5.91 Å². The van der Waals surface area contributed by atoms with Gasteiger partial charge < -0.3 is 14.2 Å². The van der Waals surface area contributed by atoms with Crippen LogP contribution in [0.5, 0.6) is 0 Å². The van der Waals surface area contributed by atoms with E-state index in [-0.39, 0.29) is 17.2 Å². The fourth-order valence-corrected chi connectivity index (χ4v) is 2.71. The summed E-state index contributed by atoms with van der Waals surface area (Å²) in [7, 11) is 3.78. The van der Waals surface area contributed by atoms with Crippen molar-refractivity contribution in [1.29, 1.82) is 0 Å².